The van der Waals surface area contributed by atoms with Gasteiger partial charge >= 0.3 is 0 Å². The number of aromatic nitrogens is 2. The van der Waals surface area contributed by atoms with Crippen LogP contribution in [0, 0.1) is 14.9 Å². The molecule has 0 atom stereocenters. The van der Waals surface area contributed by atoms with Crippen LogP contribution in [0.25, 0.3) is 6.08 Å². The van der Waals surface area contributed by atoms with Crippen molar-refractivity contribution in [1.29, 1.82) is 5.26 Å². The van der Waals surface area contributed by atoms with Gasteiger partial charge in [0.05, 0.1) is 17.8 Å². The topological polar surface area (TPSA) is 116 Å². The second kappa shape index (κ2) is 13.6. The number of hydrogen-bond acceptors (Lipinski definition) is 9. The molecule has 1 heterocycles. The van der Waals surface area contributed by atoms with Gasteiger partial charge in [-0.15, -0.1) is 10.2 Å². The fourth-order valence-corrected chi connectivity index (χ4v) is 4.67. The SMILES string of the molecule is CCCc1nnc(NC(=O)C(C#N)=Cc2cc(I)c(OCCOc3cccc(OC)c3)c(OC)c2)s1. The van der Waals surface area contributed by atoms with Crippen LogP contribution in [-0.2, 0) is 11.2 Å². The lowest BCUT2D eigenvalue weighted by Gasteiger charge is -2.14. The van der Waals surface area contributed by atoms with Crippen molar-refractivity contribution in [3.8, 4) is 29.1 Å². The zero-order valence-corrected chi connectivity index (χ0v) is 23.0. The number of ether oxygens (including phenoxy) is 4. The lowest BCUT2D eigenvalue weighted by atomic mass is 10.1. The van der Waals surface area contributed by atoms with E-state index in [1.165, 1.54) is 24.5 Å². The van der Waals surface area contributed by atoms with E-state index in [2.05, 4.69) is 38.1 Å². The van der Waals surface area contributed by atoms with Crippen LogP contribution in [0.3, 0.4) is 0 Å². The summed E-state index contributed by atoms with van der Waals surface area (Å²) in [7, 11) is 3.13. The number of amides is 1. The fourth-order valence-electron chi connectivity index (χ4n) is 3.06. The van der Waals surface area contributed by atoms with Crippen LogP contribution in [-0.4, -0.2) is 43.5 Å². The van der Waals surface area contributed by atoms with Crippen molar-refractivity contribution >= 4 is 51.0 Å². The third-order valence-electron chi connectivity index (χ3n) is 4.72. The molecular weight excluding hydrogens is 595 g/mol. The van der Waals surface area contributed by atoms with E-state index in [4.69, 9.17) is 18.9 Å². The van der Waals surface area contributed by atoms with E-state index < -0.39 is 5.91 Å². The summed E-state index contributed by atoms with van der Waals surface area (Å²) in [6, 6.07) is 12.8. The highest BCUT2D eigenvalue weighted by molar-refractivity contribution is 14.1. The molecule has 2 aromatic carbocycles. The number of aryl methyl sites for hydroxylation is 1. The van der Waals surface area contributed by atoms with Crippen LogP contribution < -0.4 is 24.3 Å². The molecule has 3 rings (SSSR count). The van der Waals surface area contributed by atoms with Gasteiger partial charge in [0.15, 0.2) is 11.5 Å². The minimum atomic E-state index is -0.555. The zero-order chi connectivity index (χ0) is 25.9. The Hall–Kier alpha value is -3.37. The molecule has 0 bridgehead atoms. The molecule has 0 saturated carbocycles. The molecule has 0 saturated heterocycles. The number of nitrogens with zero attached hydrogens (tertiary/aromatic N) is 3. The van der Waals surface area contributed by atoms with Crippen LogP contribution in [0.4, 0.5) is 5.13 Å². The third-order valence-corrected chi connectivity index (χ3v) is 6.42. The molecule has 1 aromatic heterocycles. The maximum absolute atomic E-state index is 12.6. The summed E-state index contributed by atoms with van der Waals surface area (Å²) in [5.74, 6) is 1.85. The quantitative estimate of drug-likeness (QED) is 0.129. The predicted molar refractivity (Wildman–Crippen MR) is 146 cm³/mol. The van der Waals surface area contributed by atoms with E-state index >= 15 is 0 Å². The molecule has 0 radical (unpaired) electrons. The van der Waals surface area contributed by atoms with Gasteiger partial charge in [-0.05, 0) is 64.9 Å². The van der Waals surface area contributed by atoms with Crippen LogP contribution in [0.2, 0.25) is 0 Å². The van der Waals surface area contributed by atoms with Gasteiger partial charge in [-0.1, -0.05) is 24.3 Å². The maximum atomic E-state index is 12.6. The maximum Gasteiger partial charge on any atom is 0.268 e. The lowest BCUT2D eigenvalue weighted by molar-refractivity contribution is -0.112. The highest BCUT2D eigenvalue weighted by atomic mass is 127. The molecule has 9 nitrogen and oxygen atoms in total. The van der Waals surface area contributed by atoms with Gasteiger partial charge in [0, 0.05) is 12.5 Å². The van der Waals surface area contributed by atoms with E-state index in [0.29, 0.717) is 40.3 Å². The monoisotopic (exact) mass is 620 g/mol. The Kier molecular flexibility index (Phi) is 10.3. The number of rotatable bonds is 12. The third kappa shape index (κ3) is 7.56. The second-order valence-electron chi connectivity index (χ2n) is 7.28. The Morgan fingerprint density at radius 2 is 1.92 bits per heavy atom. The molecule has 0 fully saturated rings. The highest BCUT2D eigenvalue weighted by Gasteiger charge is 2.15. The number of halogens is 1. The van der Waals surface area contributed by atoms with Crippen LogP contribution in [0.15, 0.2) is 42.0 Å². The summed E-state index contributed by atoms with van der Waals surface area (Å²) >= 11 is 3.42. The van der Waals surface area contributed by atoms with Gasteiger partial charge in [0.25, 0.3) is 5.91 Å². The molecule has 11 heteroatoms. The minimum Gasteiger partial charge on any atom is -0.497 e. The van der Waals surface area contributed by atoms with Crippen molar-refractivity contribution in [2.24, 2.45) is 0 Å². The van der Waals surface area contributed by atoms with Crippen molar-refractivity contribution in [3.63, 3.8) is 0 Å². The molecule has 36 heavy (non-hydrogen) atoms. The van der Waals surface area contributed by atoms with Crippen LogP contribution in [0.5, 0.6) is 23.0 Å². The Bertz CT molecular complexity index is 1270. The summed E-state index contributed by atoms with van der Waals surface area (Å²) in [5, 5.41) is 21.4. The lowest BCUT2D eigenvalue weighted by Crippen LogP contribution is -2.13. The molecule has 0 aliphatic carbocycles. The molecule has 0 spiro atoms. The number of nitriles is 1. The highest BCUT2D eigenvalue weighted by Crippen LogP contribution is 2.34. The minimum absolute atomic E-state index is 0.0690. The molecule has 188 valence electrons. The smallest absolute Gasteiger partial charge is 0.268 e. The molecular formula is C25H25IN4O5S. The van der Waals surface area contributed by atoms with Gasteiger partial charge in [-0.25, -0.2) is 0 Å². The van der Waals surface area contributed by atoms with Crippen LogP contribution >= 0.6 is 33.9 Å². The Morgan fingerprint density at radius 1 is 1.14 bits per heavy atom. The van der Waals surface area contributed by atoms with Gasteiger partial charge in [0.2, 0.25) is 5.13 Å². The van der Waals surface area contributed by atoms with Gasteiger partial charge in [-0.2, -0.15) is 5.26 Å². The summed E-state index contributed by atoms with van der Waals surface area (Å²) in [6.45, 7) is 2.64. The van der Waals surface area contributed by atoms with E-state index in [0.717, 1.165) is 21.4 Å². The Balaban J connectivity index is 1.66. The Morgan fingerprint density at radius 3 is 2.64 bits per heavy atom. The van der Waals surface area contributed by atoms with E-state index in [-0.39, 0.29) is 12.2 Å². The average Bonchev–Trinajstić information content (AvgIpc) is 3.32. The summed E-state index contributed by atoms with van der Waals surface area (Å²) < 4.78 is 23.1. The normalized spacial score (nSPS) is 10.9. The molecule has 1 amide bonds. The van der Waals surface area contributed by atoms with Crippen LogP contribution in [0.1, 0.15) is 23.9 Å². The van der Waals surface area contributed by atoms with Gasteiger partial charge in [-0.3, -0.25) is 10.1 Å². The van der Waals surface area contributed by atoms with Crippen molar-refractivity contribution < 1.29 is 23.7 Å². The van der Waals surface area contributed by atoms with Gasteiger partial charge in [0.1, 0.15) is 41.4 Å². The number of benzene rings is 2. The van der Waals surface area contributed by atoms with E-state index in [1.807, 2.05) is 31.2 Å². The first-order chi connectivity index (χ1) is 17.5. The van der Waals surface area contributed by atoms with Crippen molar-refractivity contribution in [1.82, 2.24) is 10.2 Å². The first-order valence-electron chi connectivity index (χ1n) is 11.0. The second-order valence-corrected chi connectivity index (χ2v) is 9.51. The van der Waals surface area contributed by atoms with Crippen molar-refractivity contribution in [3.05, 3.63) is 56.1 Å². The average molecular weight is 620 g/mol. The first kappa shape index (κ1) is 27.2. The number of carbonyl (C=O) groups excluding carboxylic acids is 1. The number of methoxy groups -OCH3 is 2. The van der Waals surface area contributed by atoms with E-state index in [9.17, 15) is 10.1 Å². The Labute approximate surface area is 227 Å². The van der Waals surface area contributed by atoms with E-state index in [1.54, 1.807) is 25.3 Å². The summed E-state index contributed by atoms with van der Waals surface area (Å²) in [4.78, 5) is 12.6. The number of hydrogen-bond donors (Lipinski definition) is 1. The number of nitrogens with one attached hydrogen (secondary N) is 1. The molecule has 0 unspecified atom stereocenters. The molecule has 0 aliphatic rings. The molecule has 0 aliphatic heterocycles. The predicted octanol–water partition coefficient (Wildman–Crippen LogP) is 5.12. The number of anilines is 1. The number of carbonyl (C=O) groups is 1. The standard InChI is InChI=1S/C25H25IN4O5S/c1-4-6-22-29-30-25(36-22)28-24(31)17(15-27)11-16-12-20(26)23(21(13-16)33-3)35-10-9-34-19-8-5-7-18(14-19)32-2/h5,7-8,11-14H,4,6,9-10H2,1-3H3,(H,28,30,31). The largest absolute Gasteiger partial charge is 0.497 e. The zero-order valence-electron chi connectivity index (χ0n) is 20.0. The van der Waals surface area contributed by atoms with Crippen molar-refractivity contribution in [2.45, 2.75) is 19.8 Å². The van der Waals surface area contributed by atoms with Gasteiger partial charge < -0.3 is 18.9 Å². The summed E-state index contributed by atoms with van der Waals surface area (Å²) in [5.41, 5.74) is 0.548. The summed E-state index contributed by atoms with van der Waals surface area (Å²) in [6.07, 6.45) is 3.21. The molecule has 1 N–H and O–H groups in total. The first-order valence-corrected chi connectivity index (χ1v) is 12.9. The molecule has 3 aromatic rings. The van der Waals surface area contributed by atoms with Crippen molar-refractivity contribution in [2.75, 3.05) is 32.8 Å². The fraction of sp³-hybridized carbons (Fsp3) is 0.280.